The van der Waals surface area contributed by atoms with E-state index in [4.69, 9.17) is 0 Å². The van der Waals surface area contributed by atoms with Gasteiger partial charge in [-0.05, 0) is 86.3 Å². The zero-order chi connectivity index (χ0) is 27.3. The van der Waals surface area contributed by atoms with Crippen molar-refractivity contribution in [1.82, 2.24) is 4.90 Å². The molecule has 4 fully saturated rings. The van der Waals surface area contributed by atoms with E-state index in [0.29, 0.717) is 64.0 Å². The third-order valence-electron chi connectivity index (χ3n) is 9.85. The standard InChI is InChI=1S/C29H28F5NO3/c1-25(31,29(32,33)34)19-5-8-21-18(12-19)4-9-22-28(21,13-17-2-6-20(30)7-3-17)10-11-35(22)23(36)26-14-27(15-26,16-26)24(37)38/h2-3,5-8,12,22H,4,9-11,13-16H2,1H3,(H,37,38)/t22-,25?,26?,27?,28-/m1/s1. The number of carbonyl (C=O) groups excluding carboxylic acids is 1. The van der Waals surface area contributed by atoms with Gasteiger partial charge >= 0.3 is 12.1 Å². The zero-order valence-corrected chi connectivity index (χ0v) is 20.9. The van der Waals surface area contributed by atoms with Crippen LogP contribution in [0.25, 0.3) is 0 Å². The minimum absolute atomic E-state index is 0.0416. The van der Waals surface area contributed by atoms with Crippen molar-refractivity contribution in [3.63, 3.8) is 0 Å². The number of alkyl halides is 4. The molecule has 4 nitrogen and oxygen atoms in total. The molecule has 1 unspecified atom stereocenters. The van der Waals surface area contributed by atoms with Crippen LogP contribution in [0.4, 0.5) is 22.0 Å². The molecular weight excluding hydrogens is 505 g/mol. The van der Waals surface area contributed by atoms with Crippen molar-refractivity contribution in [3.05, 3.63) is 70.5 Å². The van der Waals surface area contributed by atoms with Gasteiger partial charge in [0.2, 0.25) is 11.6 Å². The van der Waals surface area contributed by atoms with Crippen molar-refractivity contribution >= 4 is 11.9 Å². The Morgan fingerprint density at radius 3 is 2.29 bits per heavy atom. The third kappa shape index (κ3) is 3.32. The van der Waals surface area contributed by atoms with Gasteiger partial charge in [0.1, 0.15) is 5.82 Å². The van der Waals surface area contributed by atoms with E-state index in [9.17, 15) is 36.6 Å². The number of nitrogens with zero attached hydrogens (tertiary/aromatic N) is 1. The number of carboxylic acid groups (broad SMARTS) is 1. The van der Waals surface area contributed by atoms with Crippen LogP contribution in [0.15, 0.2) is 42.5 Å². The van der Waals surface area contributed by atoms with Gasteiger partial charge in [-0.25, -0.2) is 8.78 Å². The molecule has 2 bridgehead atoms. The highest BCUT2D eigenvalue weighted by Crippen LogP contribution is 2.74. The van der Waals surface area contributed by atoms with Crippen molar-refractivity contribution in [2.75, 3.05) is 6.54 Å². The number of rotatable bonds is 5. The Bertz CT molecular complexity index is 1310. The monoisotopic (exact) mass is 533 g/mol. The minimum atomic E-state index is -5.06. The van der Waals surface area contributed by atoms with Gasteiger partial charge in [-0.1, -0.05) is 30.3 Å². The Morgan fingerprint density at radius 1 is 1.03 bits per heavy atom. The number of hydrogen-bond acceptors (Lipinski definition) is 2. The van der Waals surface area contributed by atoms with Crippen molar-refractivity contribution in [2.45, 2.75) is 75.2 Å². The maximum Gasteiger partial charge on any atom is 0.426 e. The fourth-order valence-electron chi connectivity index (χ4n) is 7.78. The molecule has 202 valence electrons. The number of carboxylic acids is 1. The molecule has 2 aromatic carbocycles. The van der Waals surface area contributed by atoms with E-state index >= 15 is 0 Å². The first kappa shape index (κ1) is 25.3. The molecular formula is C29H28F5NO3. The molecule has 3 atom stereocenters. The third-order valence-corrected chi connectivity index (χ3v) is 9.85. The maximum atomic E-state index is 14.8. The van der Waals surface area contributed by atoms with Crippen molar-refractivity contribution < 1.29 is 36.6 Å². The summed E-state index contributed by atoms with van der Waals surface area (Å²) in [5.74, 6) is -1.29. The fourth-order valence-corrected chi connectivity index (χ4v) is 7.78. The van der Waals surface area contributed by atoms with Crippen molar-refractivity contribution in [1.29, 1.82) is 0 Å². The highest BCUT2D eigenvalue weighted by molar-refractivity contribution is 5.93. The summed E-state index contributed by atoms with van der Waals surface area (Å²) in [6.45, 7) is 0.968. The molecule has 38 heavy (non-hydrogen) atoms. The Morgan fingerprint density at radius 2 is 1.68 bits per heavy atom. The van der Waals surface area contributed by atoms with Crippen LogP contribution in [0.2, 0.25) is 0 Å². The van der Waals surface area contributed by atoms with E-state index in [-0.39, 0.29) is 17.8 Å². The lowest BCUT2D eigenvalue weighted by molar-refractivity contribution is -0.228. The predicted molar refractivity (Wildman–Crippen MR) is 128 cm³/mol. The zero-order valence-electron chi connectivity index (χ0n) is 20.9. The van der Waals surface area contributed by atoms with Gasteiger partial charge in [0.25, 0.3) is 0 Å². The lowest BCUT2D eigenvalue weighted by atomic mass is 9.34. The summed E-state index contributed by atoms with van der Waals surface area (Å²) in [7, 11) is 0. The van der Waals surface area contributed by atoms with Crippen LogP contribution < -0.4 is 0 Å². The molecule has 9 heteroatoms. The van der Waals surface area contributed by atoms with Crippen LogP contribution in [0, 0.1) is 16.6 Å². The number of amides is 1. The van der Waals surface area contributed by atoms with E-state index in [1.807, 2.05) is 4.90 Å². The Balaban J connectivity index is 1.37. The summed E-state index contributed by atoms with van der Waals surface area (Å²) < 4.78 is 68.8. The summed E-state index contributed by atoms with van der Waals surface area (Å²) in [6.07, 6.45) is -2.14. The SMILES string of the molecule is CC(F)(c1ccc2c(c1)CC[C@H]1N(C(=O)C34CC(C(=O)O)(C3)C4)CC[C@@]21Cc1ccc(F)cc1)C(F)(F)F. The normalized spacial score (nSPS) is 32.9. The summed E-state index contributed by atoms with van der Waals surface area (Å²) in [4.78, 5) is 27.2. The molecule has 3 saturated carbocycles. The summed E-state index contributed by atoms with van der Waals surface area (Å²) in [5.41, 5.74) is -3.72. The van der Waals surface area contributed by atoms with Crippen LogP contribution in [0.1, 0.15) is 61.3 Å². The van der Waals surface area contributed by atoms with Crippen molar-refractivity contribution in [2.24, 2.45) is 10.8 Å². The van der Waals surface area contributed by atoms with Crippen LogP contribution in [-0.4, -0.2) is 40.6 Å². The van der Waals surface area contributed by atoms with Gasteiger partial charge in [-0.15, -0.1) is 0 Å². The number of hydrogen-bond donors (Lipinski definition) is 1. The topological polar surface area (TPSA) is 57.6 Å². The molecule has 1 aliphatic heterocycles. The molecule has 1 saturated heterocycles. The van der Waals surface area contributed by atoms with Crippen LogP contribution in [-0.2, 0) is 33.5 Å². The number of likely N-dealkylation sites (tertiary alicyclic amines) is 1. The van der Waals surface area contributed by atoms with Gasteiger partial charge in [0, 0.05) is 18.0 Å². The number of benzene rings is 2. The molecule has 5 aliphatic rings. The second kappa shape index (κ2) is 7.79. The second-order valence-electron chi connectivity index (χ2n) is 12.0. The Kier molecular flexibility index (Phi) is 5.19. The first-order valence-corrected chi connectivity index (χ1v) is 12.9. The minimum Gasteiger partial charge on any atom is -0.481 e. The van der Waals surface area contributed by atoms with E-state index in [2.05, 4.69) is 0 Å². The summed E-state index contributed by atoms with van der Waals surface area (Å²) >= 11 is 0. The smallest absolute Gasteiger partial charge is 0.426 e. The number of aryl methyl sites for hydroxylation is 1. The quantitative estimate of drug-likeness (QED) is 0.491. The molecule has 2 aromatic rings. The molecule has 7 rings (SSSR count). The molecule has 1 amide bonds. The summed E-state index contributed by atoms with van der Waals surface area (Å²) in [5, 5.41) is 9.49. The van der Waals surface area contributed by atoms with E-state index < -0.39 is 39.6 Å². The predicted octanol–water partition coefficient (Wildman–Crippen LogP) is 5.86. The van der Waals surface area contributed by atoms with Gasteiger partial charge < -0.3 is 10.0 Å². The van der Waals surface area contributed by atoms with Gasteiger partial charge in [0.05, 0.1) is 10.8 Å². The van der Waals surface area contributed by atoms with Gasteiger partial charge in [0.15, 0.2) is 0 Å². The number of fused-ring (bicyclic) bond motifs is 3. The highest BCUT2D eigenvalue weighted by Gasteiger charge is 2.76. The average Bonchev–Trinajstić information content (AvgIpc) is 3.16. The molecule has 1 N–H and O–H groups in total. The Labute approximate surface area is 216 Å². The number of carbonyl (C=O) groups is 2. The van der Waals surface area contributed by atoms with Gasteiger partial charge in [-0.2, -0.15) is 13.2 Å². The van der Waals surface area contributed by atoms with Crippen LogP contribution in [0.5, 0.6) is 0 Å². The van der Waals surface area contributed by atoms with Gasteiger partial charge in [-0.3, -0.25) is 9.59 Å². The van der Waals surface area contributed by atoms with Crippen LogP contribution in [0.3, 0.4) is 0 Å². The average molecular weight is 534 g/mol. The number of aliphatic carboxylic acids is 1. The molecule has 4 aliphatic carbocycles. The highest BCUT2D eigenvalue weighted by atomic mass is 19.4. The fraction of sp³-hybridized carbons (Fsp3) is 0.517. The first-order chi connectivity index (χ1) is 17.7. The molecule has 0 spiro atoms. The van der Waals surface area contributed by atoms with Crippen LogP contribution >= 0.6 is 0 Å². The maximum absolute atomic E-state index is 14.8. The molecule has 1 heterocycles. The number of halogens is 5. The van der Waals surface area contributed by atoms with E-state index in [1.165, 1.54) is 24.3 Å². The lowest BCUT2D eigenvalue weighted by Crippen LogP contribution is -2.71. The first-order valence-electron chi connectivity index (χ1n) is 12.9. The van der Waals surface area contributed by atoms with E-state index in [1.54, 1.807) is 18.2 Å². The van der Waals surface area contributed by atoms with E-state index in [0.717, 1.165) is 11.1 Å². The molecule has 0 aromatic heterocycles. The Hall–Kier alpha value is -2.97. The largest absolute Gasteiger partial charge is 0.481 e. The lowest BCUT2D eigenvalue weighted by Gasteiger charge is -2.67. The summed E-state index contributed by atoms with van der Waals surface area (Å²) in [6, 6.07) is 9.92. The van der Waals surface area contributed by atoms with Crippen molar-refractivity contribution in [3.8, 4) is 0 Å². The second-order valence-corrected chi connectivity index (χ2v) is 12.0. The molecule has 0 radical (unpaired) electrons.